The molecule has 0 spiro atoms. The maximum atomic E-state index is 12.8. The van der Waals surface area contributed by atoms with Crippen molar-refractivity contribution in [2.75, 3.05) is 0 Å². The normalized spacial score (nSPS) is 12.2. The first-order valence-electron chi connectivity index (χ1n) is 9.27. The molecule has 29 heavy (non-hydrogen) atoms. The largest absolute Gasteiger partial charge is 0.467 e. The molecule has 0 fully saturated rings. The Bertz CT molecular complexity index is 1220. The van der Waals surface area contributed by atoms with Crippen LogP contribution in [-0.2, 0) is 11.3 Å². The van der Waals surface area contributed by atoms with Gasteiger partial charge >= 0.3 is 0 Å². The summed E-state index contributed by atoms with van der Waals surface area (Å²) < 4.78 is 8.20. The number of furan rings is 1. The SMILES string of the molecule is Cc1cc(C)cc(-n2ncc3c(=O)n(CC(=O)NC(C)c4ccco4)cnc32)c1. The fraction of sp³-hybridized carbons (Fsp3) is 0.238. The average Bonchev–Trinajstić information content (AvgIpc) is 3.33. The van der Waals surface area contributed by atoms with Crippen LogP contribution in [-0.4, -0.2) is 25.2 Å². The number of nitrogens with zero attached hydrogens (tertiary/aromatic N) is 4. The topological polar surface area (TPSA) is 95.0 Å². The molecule has 1 atom stereocenters. The van der Waals surface area contributed by atoms with Gasteiger partial charge in [-0.2, -0.15) is 5.10 Å². The number of rotatable bonds is 5. The average molecular weight is 391 g/mol. The van der Waals surface area contributed by atoms with Crippen molar-refractivity contribution in [3.8, 4) is 5.69 Å². The first kappa shape index (κ1) is 18.7. The van der Waals surface area contributed by atoms with Crippen molar-refractivity contribution in [1.82, 2.24) is 24.6 Å². The lowest BCUT2D eigenvalue weighted by Gasteiger charge is -2.12. The van der Waals surface area contributed by atoms with Gasteiger partial charge in [-0.3, -0.25) is 14.2 Å². The molecule has 3 aromatic heterocycles. The van der Waals surface area contributed by atoms with Crippen molar-refractivity contribution in [2.45, 2.75) is 33.4 Å². The van der Waals surface area contributed by atoms with Crippen LogP contribution in [0.15, 0.2) is 58.3 Å². The van der Waals surface area contributed by atoms with Crippen LogP contribution in [0.2, 0.25) is 0 Å². The summed E-state index contributed by atoms with van der Waals surface area (Å²) in [5.41, 5.74) is 3.18. The quantitative estimate of drug-likeness (QED) is 0.564. The number of hydrogen-bond acceptors (Lipinski definition) is 5. The second-order valence-corrected chi connectivity index (χ2v) is 7.12. The molecule has 4 aromatic rings. The van der Waals surface area contributed by atoms with E-state index in [1.165, 1.54) is 17.1 Å². The molecule has 0 aliphatic rings. The third-order valence-corrected chi connectivity index (χ3v) is 4.67. The van der Waals surface area contributed by atoms with Crippen molar-refractivity contribution in [1.29, 1.82) is 0 Å². The highest BCUT2D eigenvalue weighted by molar-refractivity contribution is 5.78. The highest BCUT2D eigenvalue weighted by Crippen LogP contribution is 2.17. The van der Waals surface area contributed by atoms with Crippen molar-refractivity contribution in [2.24, 2.45) is 0 Å². The molecule has 4 rings (SSSR count). The molecule has 1 amide bonds. The van der Waals surface area contributed by atoms with Gasteiger partial charge in [0.05, 0.1) is 24.2 Å². The van der Waals surface area contributed by atoms with E-state index in [-0.39, 0.29) is 24.1 Å². The highest BCUT2D eigenvalue weighted by Gasteiger charge is 2.16. The summed E-state index contributed by atoms with van der Waals surface area (Å²) in [5.74, 6) is 0.341. The lowest BCUT2D eigenvalue weighted by atomic mass is 10.1. The van der Waals surface area contributed by atoms with Gasteiger partial charge in [0.2, 0.25) is 5.91 Å². The number of carbonyl (C=O) groups excluding carboxylic acids is 1. The Kier molecular flexibility index (Phi) is 4.75. The van der Waals surface area contributed by atoms with Gasteiger partial charge in [-0.15, -0.1) is 0 Å². The Balaban J connectivity index is 1.60. The summed E-state index contributed by atoms with van der Waals surface area (Å²) in [4.78, 5) is 29.6. The van der Waals surface area contributed by atoms with Gasteiger partial charge < -0.3 is 9.73 Å². The van der Waals surface area contributed by atoms with E-state index < -0.39 is 0 Å². The third-order valence-electron chi connectivity index (χ3n) is 4.67. The summed E-state index contributed by atoms with van der Waals surface area (Å²) in [6.07, 6.45) is 4.42. The van der Waals surface area contributed by atoms with Crippen LogP contribution in [0.1, 0.15) is 29.9 Å². The van der Waals surface area contributed by atoms with Crippen LogP contribution >= 0.6 is 0 Å². The first-order valence-corrected chi connectivity index (χ1v) is 9.27. The minimum Gasteiger partial charge on any atom is -0.467 e. The molecule has 0 aliphatic carbocycles. The standard InChI is InChI=1S/C21H21N5O3/c1-13-7-14(2)9-16(8-13)26-20-17(10-23-26)21(28)25(12-22-20)11-19(27)24-15(3)18-5-4-6-29-18/h4-10,12,15H,11H2,1-3H3,(H,24,27). The molecule has 1 aromatic carbocycles. The zero-order valence-electron chi connectivity index (χ0n) is 16.4. The molecular formula is C21H21N5O3. The van der Waals surface area contributed by atoms with E-state index in [9.17, 15) is 9.59 Å². The van der Waals surface area contributed by atoms with Crippen LogP contribution in [0.5, 0.6) is 0 Å². The molecular weight excluding hydrogens is 370 g/mol. The van der Waals surface area contributed by atoms with E-state index in [0.29, 0.717) is 16.8 Å². The molecule has 0 saturated carbocycles. The summed E-state index contributed by atoms with van der Waals surface area (Å²) in [7, 11) is 0. The molecule has 8 nitrogen and oxygen atoms in total. The summed E-state index contributed by atoms with van der Waals surface area (Å²) in [5, 5.41) is 7.51. The van der Waals surface area contributed by atoms with E-state index in [1.54, 1.807) is 23.1 Å². The Morgan fingerprint density at radius 2 is 2.00 bits per heavy atom. The molecule has 0 bridgehead atoms. The number of fused-ring (bicyclic) bond motifs is 1. The number of amides is 1. The van der Waals surface area contributed by atoms with Crippen molar-refractivity contribution < 1.29 is 9.21 Å². The van der Waals surface area contributed by atoms with E-state index >= 15 is 0 Å². The van der Waals surface area contributed by atoms with Crippen molar-refractivity contribution in [3.05, 3.63) is 76.4 Å². The van der Waals surface area contributed by atoms with Gasteiger partial charge in [0.1, 0.15) is 24.0 Å². The first-order chi connectivity index (χ1) is 13.9. The second-order valence-electron chi connectivity index (χ2n) is 7.12. The molecule has 8 heteroatoms. The summed E-state index contributed by atoms with van der Waals surface area (Å²) in [6, 6.07) is 9.28. The number of benzene rings is 1. The predicted molar refractivity (Wildman–Crippen MR) is 108 cm³/mol. The number of carbonyl (C=O) groups is 1. The maximum absolute atomic E-state index is 12.8. The van der Waals surface area contributed by atoms with Crippen molar-refractivity contribution in [3.63, 3.8) is 0 Å². The minimum atomic E-state index is -0.313. The van der Waals surface area contributed by atoms with E-state index in [4.69, 9.17) is 4.42 Å². The lowest BCUT2D eigenvalue weighted by Crippen LogP contribution is -2.33. The molecule has 0 radical (unpaired) electrons. The Hall–Kier alpha value is -3.68. The van der Waals surface area contributed by atoms with Gasteiger partial charge in [-0.1, -0.05) is 6.07 Å². The van der Waals surface area contributed by atoms with Crippen LogP contribution < -0.4 is 10.9 Å². The Morgan fingerprint density at radius 1 is 1.24 bits per heavy atom. The van der Waals surface area contributed by atoms with Crippen LogP contribution in [0.25, 0.3) is 16.7 Å². The van der Waals surface area contributed by atoms with Gasteiger partial charge in [-0.25, -0.2) is 9.67 Å². The monoisotopic (exact) mass is 391 g/mol. The molecule has 148 valence electrons. The van der Waals surface area contributed by atoms with Crippen LogP contribution in [0.3, 0.4) is 0 Å². The highest BCUT2D eigenvalue weighted by atomic mass is 16.3. The van der Waals surface area contributed by atoms with Gasteiger partial charge in [0.15, 0.2) is 5.65 Å². The fourth-order valence-corrected chi connectivity index (χ4v) is 3.37. The number of aromatic nitrogens is 4. The van der Waals surface area contributed by atoms with E-state index in [2.05, 4.69) is 21.5 Å². The Morgan fingerprint density at radius 3 is 2.69 bits per heavy atom. The Labute approximate surface area is 166 Å². The van der Waals surface area contributed by atoms with Gasteiger partial charge in [0.25, 0.3) is 5.56 Å². The smallest absolute Gasteiger partial charge is 0.264 e. The van der Waals surface area contributed by atoms with E-state index in [1.807, 2.05) is 32.9 Å². The molecule has 0 aliphatic heterocycles. The summed E-state index contributed by atoms with van der Waals surface area (Å²) >= 11 is 0. The lowest BCUT2D eigenvalue weighted by molar-refractivity contribution is -0.122. The van der Waals surface area contributed by atoms with Gasteiger partial charge in [0, 0.05) is 0 Å². The number of nitrogens with one attached hydrogen (secondary N) is 1. The third kappa shape index (κ3) is 3.69. The van der Waals surface area contributed by atoms with Crippen LogP contribution in [0.4, 0.5) is 0 Å². The molecule has 3 heterocycles. The van der Waals surface area contributed by atoms with Crippen LogP contribution in [0, 0.1) is 13.8 Å². The molecule has 0 saturated heterocycles. The number of aryl methyl sites for hydroxylation is 2. The van der Waals surface area contributed by atoms with Gasteiger partial charge in [-0.05, 0) is 56.2 Å². The van der Waals surface area contributed by atoms with E-state index in [0.717, 1.165) is 16.8 Å². The zero-order valence-corrected chi connectivity index (χ0v) is 16.4. The molecule has 1 unspecified atom stereocenters. The number of hydrogen-bond donors (Lipinski definition) is 1. The second kappa shape index (κ2) is 7.38. The predicted octanol–water partition coefficient (Wildman–Crippen LogP) is 2.67. The summed E-state index contributed by atoms with van der Waals surface area (Å²) in [6.45, 7) is 5.69. The fourth-order valence-electron chi connectivity index (χ4n) is 3.37. The van der Waals surface area contributed by atoms with Crippen molar-refractivity contribution >= 4 is 16.9 Å². The molecule has 1 N–H and O–H groups in total. The zero-order chi connectivity index (χ0) is 20.5. The minimum absolute atomic E-state index is 0.137. The maximum Gasteiger partial charge on any atom is 0.264 e.